The third-order valence-electron chi connectivity index (χ3n) is 11.6. The molecule has 5 heteroatoms. The Morgan fingerprint density at radius 1 is 0.417 bits per heavy atom. The molecule has 0 aliphatic carbocycles. The van der Waals surface area contributed by atoms with Crippen LogP contribution in [0.3, 0.4) is 0 Å². The summed E-state index contributed by atoms with van der Waals surface area (Å²) in [6.07, 6.45) is 0. The van der Waals surface area contributed by atoms with Crippen molar-refractivity contribution in [2.75, 3.05) is 4.90 Å². The third kappa shape index (κ3) is 5.44. The van der Waals surface area contributed by atoms with E-state index in [1.807, 2.05) is 48.5 Å². The number of hydrogen-bond donors (Lipinski definition) is 0. The van der Waals surface area contributed by atoms with Gasteiger partial charge in [-0.25, -0.2) is 4.98 Å². The van der Waals surface area contributed by atoms with E-state index in [9.17, 15) is 0 Å². The molecule has 0 saturated heterocycles. The summed E-state index contributed by atoms with van der Waals surface area (Å²) < 4.78 is 15.7. The van der Waals surface area contributed by atoms with E-state index >= 15 is 0 Å². The maximum Gasteiger partial charge on any atom is 0.227 e. The predicted octanol–water partition coefficient (Wildman–Crippen LogP) is 15.3. The Balaban J connectivity index is 1.07. The Bertz CT molecular complexity index is 3510. The van der Waals surface area contributed by atoms with Crippen molar-refractivity contribution in [1.82, 2.24) is 9.55 Å². The molecule has 0 aliphatic heterocycles. The number of nitrogens with zero attached hydrogens (tertiary/aromatic N) is 3. The monoisotopic (exact) mass is 769 g/mol. The molecule has 3 aromatic heterocycles. The molecule has 0 radical (unpaired) electrons. The fraction of sp³-hybridized carbons (Fsp3) is 0. The number of aromatic nitrogens is 2. The van der Waals surface area contributed by atoms with Crippen LogP contribution in [-0.4, -0.2) is 9.55 Å². The summed E-state index contributed by atoms with van der Waals surface area (Å²) in [6.45, 7) is 0. The van der Waals surface area contributed by atoms with Crippen LogP contribution >= 0.6 is 0 Å². The van der Waals surface area contributed by atoms with Crippen LogP contribution in [0, 0.1) is 0 Å². The van der Waals surface area contributed by atoms with Gasteiger partial charge in [0.15, 0.2) is 5.58 Å². The summed E-state index contributed by atoms with van der Waals surface area (Å²) in [7, 11) is 0. The zero-order valence-electron chi connectivity index (χ0n) is 32.4. The van der Waals surface area contributed by atoms with Gasteiger partial charge in [0.2, 0.25) is 5.89 Å². The number of hydrogen-bond acceptors (Lipinski definition) is 4. The molecule has 0 amide bonds. The van der Waals surface area contributed by atoms with Crippen molar-refractivity contribution in [3.63, 3.8) is 0 Å². The Hall–Kier alpha value is -8.15. The maximum absolute atomic E-state index is 6.65. The lowest BCUT2D eigenvalue weighted by atomic mass is 10.00. The minimum Gasteiger partial charge on any atom is -0.455 e. The molecule has 5 nitrogen and oxygen atoms in total. The fourth-order valence-electron chi connectivity index (χ4n) is 8.89. The first-order valence-corrected chi connectivity index (χ1v) is 20.2. The van der Waals surface area contributed by atoms with Crippen LogP contribution in [0.1, 0.15) is 0 Å². The molecule has 0 bridgehead atoms. The van der Waals surface area contributed by atoms with Gasteiger partial charge in [-0.15, -0.1) is 0 Å². The van der Waals surface area contributed by atoms with Crippen molar-refractivity contribution in [3.8, 4) is 39.4 Å². The summed E-state index contributed by atoms with van der Waals surface area (Å²) >= 11 is 0. The molecule has 3 heterocycles. The van der Waals surface area contributed by atoms with E-state index in [1.54, 1.807) is 0 Å². The van der Waals surface area contributed by atoms with Crippen LogP contribution in [0.4, 0.5) is 17.1 Å². The molecule has 0 N–H and O–H groups in total. The van der Waals surface area contributed by atoms with Crippen molar-refractivity contribution in [2.45, 2.75) is 0 Å². The predicted molar refractivity (Wildman–Crippen MR) is 247 cm³/mol. The number of anilines is 3. The molecule has 0 atom stereocenters. The van der Waals surface area contributed by atoms with E-state index in [0.717, 1.165) is 77.9 Å². The topological polar surface area (TPSA) is 47.3 Å². The lowest BCUT2D eigenvalue weighted by Crippen LogP contribution is -2.10. The van der Waals surface area contributed by atoms with Crippen molar-refractivity contribution in [3.05, 3.63) is 212 Å². The van der Waals surface area contributed by atoms with Crippen molar-refractivity contribution >= 4 is 71.9 Å². The number of rotatable bonds is 7. The first-order chi connectivity index (χ1) is 29.8. The van der Waals surface area contributed by atoms with Gasteiger partial charge in [-0.05, 0) is 95.6 Å². The van der Waals surface area contributed by atoms with Gasteiger partial charge < -0.3 is 18.3 Å². The third-order valence-corrected chi connectivity index (χ3v) is 11.6. The summed E-state index contributed by atoms with van der Waals surface area (Å²) in [5.41, 5.74) is 14.8. The highest BCUT2D eigenvalue weighted by atomic mass is 16.4. The van der Waals surface area contributed by atoms with Crippen LogP contribution in [-0.2, 0) is 0 Å². The zero-order chi connectivity index (χ0) is 39.6. The van der Waals surface area contributed by atoms with Crippen LogP contribution in [0.15, 0.2) is 221 Å². The van der Waals surface area contributed by atoms with E-state index in [-0.39, 0.29) is 0 Å². The summed E-state index contributed by atoms with van der Waals surface area (Å²) in [5, 5.41) is 4.42. The second-order valence-electron chi connectivity index (χ2n) is 15.1. The summed E-state index contributed by atoms with van der Waals surface area (Å²) in [6, 6.07) is 74.5. The van der Waals surface area contributed by atoms with Crippen LogP contribution < -0.4 is 4.90 Å². The molecule has 60 heavy (non-hydrogen) atoms. The van der Waals surface area contributed by atoms with E-state index < -0.39 is 0 Å². The van der Waals surface area contributed by atoms with Gasteiger partial charge in [-0.2, -0.15) is 0 Å². The molecule has 9 aromatic carbocycles. The van der Waals surface area contributed by atoms with E-state index in [1.165, 1.54) is 21.9 Å². The van der Waals surface area contributed by atoms with Gasteiger partial charge >= 0.3 is 0 Å². The van der Waals surface area contributed by atoms with Crippen LogP contribution in [0.25, 0.3) is 94.2 Å². The first-order valence-electron chi connectivity index (χ1n) is 20.2. The largest absolute Gasteiger partial charge is 0.455 e. The average molecular weight is 770 g/mol. The number of furan rings is 1. The SMILES string of the molecule is c1ccc(-c2ccc(N(c3ccc(-c4c5oc(-c6ccccc6)nc5cc5c4oc4ccccc45)cc3)c3cccc4c3c3ccccc3n4-c3ccccc3)cc2)cc1. The quantitative estimate of drug-likeness (QED) is 0.162. The fourth-order valence-corrected chi connectivity index (χ4v) is 8.89. The van der Waals surface area contributed by atoms with Gasteiger partial charge in [0.1, 0.15) is 16.7 Å². The highest BCUT2D eigenvalue weighted by Gasteiger charge is 2.24. The zero-order valence-corrected chi connectivity index (χ0v) is 32.4. The van der Waals surface area contributed by atoms with Crippen molar-refractivity contribution in [1.29, 1.82) is 0 Å². The number of oxazole rings is 1. The van der Waals surface area contributed by atoms with Crippen molar-refractivity contribution < 1.29 is 8.83 Å². The van der Waals surface area contributed by atoms with Gasteiger partial charge in [-0.3, -0.25) is 0 Å². The second-order valence-corrected chi connectivity index (χ2v) is 15.1. The van der Waals surface area contributed by atoms with Gasteiger partial charge in [0, 0.05) is 44.2 Å². The first kappa shape index (κ1) is 33.9. The Morgan fingerprint density at radius 2 is 1.00 bits per heavy atom. The van der Waals surface area contributed by atoms with Crippen LogP contribution in [0.2, 0.25) is 0 Å². The molecule has 282 valence electrons. The van der Waals surface area contributed by atoms with Gasteiger partial charge in [-0.1, -0.05) is 133 Å². The van der Waals surface area contributed by atoms with E-state index in [2.05, 4.69) is 173 Å². The Kier molecular flexibility index (Phi) is 7.78. The molecule has 12 rings (SSSR count). The minimum atomic E-state index is 0.577. The minimum absolute atomic E-state index is 0.577. The number of fused-ring (bicyclic) bond motifs is 7. The molecule has 0 saturated carbocycles. The average Bonchev–Trinajstić information content (AvgIpc) is 4.02. The smallest absolute Gasteiger partial charge is 0.227 e. The molecule has 12 aromatic rings. The molecule has 0 fully saturated rings. The normalized spacial score (nSPS) is 11.7. The maximum atomic E-state index is 6.65. The molecule has 0 unspecified atom stereocenters. The summed E-state index contributed by atoms with van der Waals surface area (Å²) in [4.78, 5) is 7.40. The highest BCUT2D eigenvalue weighted by molar-refractivity contribution is 6.18. The number of benzene rings is 9. The van der Waals surface area contributed by atoms with Gasteiger partial charge in [0.25, 0.3) is 0 Å². The van der Waals surface area contributed by atoms with Gasteiger partial charge in [0.05, 0.1) is 22.3 Å². The lowest BCUT2D eigenvalue weighted by molar-refractivity contribution is 0.619. The number of para-hydroxylation sites is 3. The lowest BCUT2D eigenvalue weighted by Gasteiger charge is -2.27. The molecular formula is C55H35N3O2. The second kappa shape index (κ2) is 13.8. The van der Waals surface area contributed by atoms with Crippen molar-refractivity contribution in [2.24, 2.45) is 0 Å². The highest BCUT2D eigenvalue weighted by Crippen LogP contribution is 2.46. The molecular weight excluding hydrogens is 735 g/mol. The molecule has 0 spiro atoms. The van der Waals surface area contributed by atoms with Crippen LogP contribution in [0.5, 0.6) is 0 Å². The molecule has 0 aliphatic rings. The Morgan fingerprint density at radius 3 is 1.73 bits per heavy atom. The van der Waals surface area contributed by atoms with E-state index in [0.29, 0.717) is 11.5 Å². The Labute approximate surface area is 345 Å². The van der Waals surface area contributed by atoms with E-state index in [4.69, 9.17) is 13.8 Å². The summed E-state index contributed by atoms with van der Waals surface area (Å²) in [5.74, 6) is 0.577. The standard InChI is InChI=1S/C55H35N3O2/c1-4-15-36(16-5-1)37-27-31-41(32-28-37)57(48-24-14-25-49-52(48)44-22-10-12-23-47(44)58(49)40-19-8-3-9-20-40)42-33-29-38(30-34-42)51-53-45(43-21-11-13-26-50(43)59-53)35-46-54(51)60-55(56-46)39-17-6-2-7-18-39/h1-35H.